The number of benzene rings is 1. The van der Waals surface area contributed by atoms with Crippen LogP contribution in [0.25, 0.3) is 0 Å². The topological polar surface area (TPSA) is 50.0 Å². The minimum absolute atomic E-state index is 0. The molecule has 2 aromatic rings. The van der Waals surface area contributed by atoms with Crippen LogP contribution in [0.2, 0.25) is 0 Å². The first-order valence-electron chi connectivity index (χ1n) is 8.48. The maximum atomic E-state index is 13.9. The molecule has 0 saturated carbocycles. The lowest BCUT2D eigenvalue weighted by molar-refractivity contribution is 0.385. The van der Waals surface area contributed by atoms with Gasteiger partial charge in [-0.3, -0.25) is 4.99 Å². The summed E-state index contributed by atoms with van der Waals surface area (Å²) in [6.07, 6.45) is 3.42. The maximum absolute atomic E-state index is 13.9. The van der Waals surface area contributed by atoms with E-state index in [1.807, 2.05) is 30.1 Å². The summed E-state index contributed by atoms with van der Waals surface area (Å²) in [6.45, 7) is 4.10. The number of nitrogens with zero attached hydrogens (tertiary/aromatic N) is 2. The van der Waals surface area contributed by atoms with Gasteiger partial charge in [-0.25, -0.2) is 4.39 Å². The van der Waals surface area contributed by atoms with Gasteiger partial charge in [0, 0.05) is 33.1 Å². The van der Waals surface area contributed by atoms with E-state index in [-0.39, 0.29) is 35.5 Å². The molecular weight excluding hydrogens is 448 g/mol. The molecule has 7 heteroatoms. The molecule has 5 nitrogen and oxygen atoms in total. The van der Waals surface area contributed by atoms with Gasteiger partial charge in [-0.15, -0.1) is 24.0 Å². The van der Waals surface area contributed by atoms with Gasteiger partial charge in [0.2, 0.25) is 0 Å². The normalized spacial score (nSPS) is 11.0. The third kappa shape index (κ3) is 6.86. The largest absolute Gasteiger partial charge is 0.494 e. The van der Waals surface area contributed by atoms with Crippen molar-refractivity contribution in [1.82, 2.24) is 10.2 Å². The molecule has 0 saturated heterocycles. The summed E-state index contributed by atoms with van der Waals surface area (Å²) in [7, 11) is 3.40. The van der Waals surface area contributed by atoms with Gasteiger partial charge in [-0.2, -0.15) is 0 Å². The summed E-state index contributed by atoms with van der Waals surface area (Å²) >= 11 is 0. The number of hydrogen-bond donors (Lipinski definition) is 1. The zero-order valence-electron chi connectivity index (χ0n) is 15.5. The van der Waals surface area contributed by atoms with E-state index in [1.165, 1.54) is 13.2 Å². The molecule has 0 aliphatic heterocycles. The Morgan fingerprint density at radius 1 is 1.35 bits per heavy atom. The van der Waals surface area contributed by atoms with Crippen LogP contribution in [0.3, 0.4) is 0 Å². The van der Waals surface area contributed by atoms with E-state index in [4.69, 9.17) is 9.15 Å². The second kappa shape index (κ2) is 11.8. The van der Waals surface area contributed by atoms with E-state index in [1.54, 1.807) is 12.3 Å². The number of furan rings is 1. The second-order valence-corrected chi connectivity index (χ2v) is 5.79. The Morgan fingerprint density at radius 3 is 2.77 bits per heavy atom. The monoisotopic (exact) mass is 475 g/mol. The number of aliphatic imine (C=N–C) groups is 1. The van der Waals surface area contributed by atoms with E-state index >= 15 is 0 Å². The van der Waals surface area contributed by atoms with E-state index in [2.05, 4.69) is 17.2 Å². The van der Waals surface area contributed by atoms with Gasteiger partial charge >= 0.3 is 0 Å². The molecule has 0 unspecified atom stereocenters. The molecular formula is C19H27FIN3O2. The number of methoxy groups -OCH3 is 1. The molecule has 0 atom stereocenters. The number of ether oxygens (including phenoxy) is 1. The van der Waals surface area contributed by atoms with E-state index in [0.717, 1.165) is 43.2 Å². The van der Waals surface area contributed by atoms with Crippen LogP contribution in [0.5, 0.6) is 5.75 Å². The van der Waals surface area contributed by atoms with Crippen molar-refractivity contribution in [3.8, 4) is 5.75 Å². The summed E-state index contributed by atoms with van der Waals surface area (Å²) in [6, 6.07) is 8.83. The smallest absolute Gasteiger partial charge is 0.193 e. The molecule has 1 aromatic heterocycles. The van der Waals surface area contributed by atoms with Gasteiger partial charge in [-0.1, -0.05) is 13.0 Å². The van der Waals surface area contributed by atoms with Crippen molar-refractivity contribution in [3.05, 3.63) is 53.7 Å². The third-order valence-electron chi connectivity index (χ3n) is 3.72. The standard InChI is InChI=1S/C19H26FN3O2.HI/c1-4-10-21-19(22-11-9-16-6-5-12-25-16)23(2)14-15-7-8-18(24-3)17(20)13-15;/h5-8,12-13H,4,9-11,14H2,1-3H3,(H,21,22);1H. The van der Waals surface area contributed by atoms with Crippen LogP contribution in [0.1, 0.15) is 24.7 Å². The number of guanidine groups is 1. The van der Waals surface area contributed by atoms with Crippen LogP contribution in [0.15, 0.2) is 46.0 Å². The molecule has 1 N–H and O–H groups in total. The van der Waals surface area contributed by atoms with Crippen LogP contribution in [0.4, 0.5) is 4.39 Å². The molecule has 1 aromatic carbocycles. The van der Waals surface area contributed by atoms with Gasteiger partial charge in [0.15, 0.2) is 17.5 Å². The van der Waals surface area contributed by atoms with Crippen molar-refractivity contribution < 1.29 is 13.5 Å². The first-order chi connectivity index (χ1) is 12.1. The van der Waals surface area contributed by atoms with Crippen molar-refractivity contribution in [2.75, 3.05) is 27.2 Å². The third-order valence-corrected chi connectivity index (χ3v) is 3.72. The molecule has 0 bridgehead atoms. The van der Waals surface area contributed by atoms with Crippen LogP contribution < -0.4 is 10.1 Å². The Labute approximate surface area is 171 Å². The lowest BCUT2D eigenvalue weighted by Crippen LogP contribution is -2.39. The predicted octanol–water partition coefficient (Wildman–Crippen LogP) is 4.08. The summed E-state index contributed by atoms with van der Waals surface area (Å²) in [5.41, 5.74) is 0.859. The van der Waals surface area contributed by atoms with Gasteiger partial charge in [0.25, 0.3) is 0 Å². The quantitative estimate of drug-likeness (QED) is 0.355. The van der Waals surface area contributed by atoms with Crippen molar-refractivity contribution >= 4 is 29.9 Å². The van der Waals surface area contributed by atoms with Crippen LogP contribution in [-0.4, -0.2) is 38.1 Å². The predicted molar refractivity (Wildman–Crippen MR) is 113 cm³/mol. The zero-order chi connectivity index (χ0) is 18.1. The van der Waals surface area contributed by atoms with Crippen molar-refractivity contribution in [3.63, 3.8) is 0 Å². The minimum atomic E-state index is -0.355. The van der Waals surface area contributed by atoms with Gasteiger partial charge in [0.1, 0.15) is 5.76 Å². The molecule has 0 radical (unpaired) electrons. The highest BCUT2D eigenvalue weighted by atomic mass is 127. The Balaban J connectivity index is 0.00000338. The maximum Gasteiger partial charge on any atom is 0.193 e. The fourth-order valence-electron chi connectivity index (χ4n) is 2.44. The average Bonchev–Trinajstić information content (AvgIpc) is 3.11. The average molecular weight is 475 g/mol. The molecule has 2 rings (SSSR count). The fourth-order valence-corrected chi connectivity index (χ4v) is 2.44. The van der Waals surface area contributed by atoms with Crippen molar-refractivity contribution in [1.29, 1.82) is 0 Å². The molecule has 0 amide bonds. The van der Waals surface area contributed by atoms with E-state index in [9.17, 15) is 4.39 Å². The highest BCUT2D eigenvalue weighted by molar-refractivity contribution is 14.0. The lowest BCUT2D eigenvalue weighted by Gasteiger charge is -2.22. The highest BCUT2D eigenvalue weighted by Crippen LogP contribution is 2.18. The molecule has 26 heavy (non-hydrogen) atoms. The van der Waals surface area contributed by atoms with Crippen LogP contribution in [0, 0.1) is 5.82 Å². The molecule has 0 aliphatic carbocycles. The Bertz CT molecular complexity index is 677. The molecule has 144 valence electrons. The summed E-state index contributed by atoms with van der Waals surface area (Å²) in [5.74, 6) is 1.63. The molecule has 0 fully saturated rings. The van der Waals surface area contributed by atoms with Gasteiger partial charge in [-0.05, 0) is 36.2 Å². The SMILES string of the molecule is CCCN=C(NCCc1ccco1)N(C)Cc1ccc(OC)c(F)c1.I. The van der Waals surface area contributed by atoms with Crippen molar-refractivity contribution in [2.24, 2.45) is 4.99 Å². The summed E-state index contributed by atoms with van der Waals surface area (Å²) in [5, 5.41) is 3.35. The van der Waals surface area contributed by atoms with E-state index < -0.39 is 0 Å². The molecule has 1 heterocycles. The first-order valence-corrected chi connectivity index (χ1v) is 8.48. The highest BCUT2D eigenvalue weighted by Gasteiger charge is 2.10. The zero-order valence-corrected chi connectivity index (χ0v) is 17.8. The summed E-state index contributed by atoms with van der Waals surface area (Å²) < 4.78 is 24.2. The number of rotatable bonds is 8. The molecule has 0 aliphatic rings. The Kier molecular flexibility index (Phi) is 10.1. The van der Waals surface area contributed by atoms with Gasteiger partial charge in [0.05, 0.1) is 13.4 Å². The number of halogens is 2. The van der Waals surface area contributed by atoms with Crippen LogP contribution in [-0.2, 0) is 13.0 Å². The molecule has 0 spiro atoms. The Morgan fingerprint density at radius 2 is 2.15 bits per heavy atom. The Hall–Kier alpha value is -1.77. The van der Waals surface area contributed by atoms with Crippen molar-refractivity contribution in [2.45, 2.75) is 26.3 Å². The van der Waals surface area contributed by atoms with E-state index in [0.29, 0.717) is 6.54 Å². The summed E-state index contributed by atoms with van der Waals surface area (Å²) in [4.78, 5) is 6.58. The number of hydrogen-bond acceptors (Lipinski definition) is 3. The first kappa shape index (κ1) is 22.3. The lowest BCUT2D eigenvalue weighted by atomic mass is 10.2. The van der Waals surface area contributed by atoms with Crippen LogP contribution >= 0.6 is 24.0 Å². The second-order valence-electron chi connectivity index (χ2n) is 5.79. The fraction of sp³-hybridized carbons (Fsp3) is 0.421. The minimum Gasteiger partial charge on any atom is -0.494 e. The van der Waals surface area contributed by atoms with Gasteiger partial charge < -0.3 is 19.4 Å². The number of nitrogens with one attached hydrogen (secondary N) is 1.